The van der Waals surface area contributed by atoms with Crippen molar-refractivity contribution in [1.29, 1.82) is 0 Å². The summed E-state index contributed by atoms with van der Waals surface area (Å²) in [6.45, 7) is 2.38. The number of hydrogen-bond donors (Lipinski definition) is 2. The Morgan fingerprint density at radius 1 is 0.933 bits per heavy atom. The van der Waals surface area contributed by atoms with Gasteiger partial charge in [0.25, 0.3) is 0 Å². The van der Waals surface area contributed by atoms with Crippen LogP contribution in [0.3, 0.4) is 0 Å². The molecular formula is C23H21F2NO4. The minimum atomic E-state index is -0.984. The Balaban J connectivity index is 1.65. The van der Waals surface area contributed by atoms with Crippen molar-refractivity contribution in [3.8, 4) is 5.75 Å². The summed E-state index contributed by atoms with van der Waals surface area (Å²) in [5.41, 5.74) is 6.47. The molecule has 0 saturated heterocycles. The Morgan fingerprint density at radius 3 is 2.33 bits per heavy atom. The lowest BCUT2D eigenvalue weighted by atomic mass is 10.1. The highest BCUT2D eigenvalue weighted by Crippen LogP contribution is 2.22. The molecule has 0 radical (unpaired) electrons. The molecule has 5 nitrogen and oxygen atoms in total. The molecular weight excluding hydrogens is 392 g/mol. The number of carboxylic acid groups (broad SMARTS) is 1. The Bertz CT molecular complexity index is 1020. The fraction of sp³-hybridized carbons (Fsp3) is 0.174. The van der Waals surface area contributed by atoms with E-state index in [1.165, 1.54) is 18.2 Å². The molecule has 0 fully saturated rings. The highest BCUT2D eigenvalue weighted by Gasteiger charge is 2.08. The van der Waals surface area contributed by atoms with Crippen molar-refractivity contribution in [1.82, 2.24) is 0 Å². The molecule has 2 N–H and O–H groups in total. The molecule has 0 bridgehead atoms. The van der Waals surface area contributed by atoms with E-state index in [4.69, 9.17) is 14.7 Å². The van der Waals surface area contributed by atoms with E-state index >= 15 is 0 Å². The van der Waals surface area contributed by atoms with E-state index in [1.807, 2.05) is 25.1 Å². The van der Waals surface area contributed by atoms with Gasteiger partial charge in [-0.25, -0.2) is 13.6 Å². The number of benzene rings is 3. The van der Waals surface area contributed by atoms with Crippen molar-refractivity contribution < 1.29 is 28.3 Å². The van der Waals surface area contributed by atoms with Crippen LogP contribution in [0.4, 0.5) is 14.5 Å². The lowest BCUT2D eigenvalue weighted by molar-refractivity contribution is 0.0696. The maximum Gasteiger partial charge on any atom is 0.335 e. The van der Waals surface area contributed by atoms with Crippen LogP contribution in [-0.4, -0.2) is 11.1 Å². The van der Waals surface area contributed by atoms with Gasteiger partial charge in [0.15, 0.2) is 11.6 Å². The van der Waals surface area contributed by atoms with E-state index in [1.54, 1.807) is 12.1 Å². The van der Waals surface area contributed by atoms with Crippen LogP contribution >= 0.6 is 0 Å². The molecule has 0 heterocycles. The predicted molar refractivity (Wildman–Crippen MR) is 108 cm³/mol. The molecule has 7 heteroatoms. The van der Waals surface area contributed by atoms with E-state index < -0.39 is 17.6 Å². The number of carboxylic acids is 1. The van der Waals surface area contributed by atoms with Crippen LogP contribution in [0.15, 0.2) is 60.7 Å². The van der Waals surface area contributed by atoms with Crippen molar-refractivity contribution in [3.05, 3.63) is 94.6 Å². The number of halogens is 2. The van der Waals surface area contributed by atoms with Crippen LogP contribution in [0, 0.1) is 11.6 Å². The van der Waals surface area contributed by atoms with Crippen LogP contribution in [-0.2, 0) is 24.5 Å². The maximum absolute atomic E-state index is 13.4. The van der Waals surface area contributed by atoms with Crippen LogP contribution in [0.2, 0.25) is 0 Å². The predicted octanol–water partition coefficient (Wildman–Crippen LogP) is 5.35. The number of ether oxygens (including phenoxy) is 1. The van der Waals surface area contributed by atoms with Gasteiger partial charge in [0.05, 0.1) is 17.9 Å². The van der Waals surface area contributed by atoms with Crippen molar-refractivity contribution in [2.45, 2.75) is 26.6 Å². The van der Waals surface area contributed by atoms with E-state index in [2.05, 4.69) is 5.48 Å². The topological polar surface area (TPSA) is 67.8 Å². The second-order valence-corrected chi connectivity index (χ2v) is 6.60. The van der Waals surface area contributed by atoms with E-state index in [0.29, 0.717) is 5.69 Å². The summed E-state index contributed by atoms with van der Waals surface area (Å²) in [5.74, 6) is -2.66. The SMILES string of the molecule is CCc1ccc(COc2ccc(F)c(F)c2)c(NOCc2ccc(C(=O)O)cc2)c1. The lowest BCUT2D eigenvalue weighted by Gasteiger charge is -2.15. The Hall–Kier alpha value is -3.45. The van der Waals surface area contributed by atoms with E-state index in [0.717, 1.165) is 35.2 Å². The van der Waals surface area contributed by atoms with E-state index in [-0.39, 0.29) is 24.5 Å². The molecule has 0 aliphatic carbocycles. The summed E-state index contributed by atoms with van der Waals surface area (Å²) in [6, 6.07) is 15.5. The number of aromatic carboxylic acids is 1. The van der Waals surface area contributed by atoms with E-state index in [9.17, 15) is 13.6 Å². The van der Waals surface area contributed by atoms with Crippen molar-refractivity contribution in [2.75, 3.05) is 5.48 Å². The largest absolute Gasteiger partial charge is 0.489 e. The molecule has 0 saturated carbocycles. The molecule has 3 aromatic carbocycles. The van der Waals surface area contributed by atoms with Crippen molar-refractivity contribution >= 4 is 11.7 Å². The van der Waals surface area contributed by atoms with Crippen molar-refractivity contribution in [2.24, 2.45) is 0 Å². The number of anilines is 1. The third-order valence-corrected chi connectivity index (χ3v) is 4.49. The first-order valence-electron chi connectivity index (χ1n) is 9.36. The minimum absolute atomic E-state index is 0.133. The lowest BCUT2D eigenvalue weighted by Crippen LogP contribution is -2.07. The zero-order valence-electron chi connectivity index (χ0n) is 16.3. The van der Waals surface area contributed by atoms with Gasteiger partial charge in [0.1, 0.15) is 12.4 Å². The molecule has 0 amide bonds. The van der Waals surface area contributed by atoms with Gasteiger partial charge >= 0.3 is 5.97 Å². The molecule has 156 valence electrons. The Morgan fingerprint density at radius 2 is 1.67 bits per heavy atom. The number of carbonyl (C=O) groups is 1. The van der Waals surface area contributed by atoms with Gasteiger partial charge in [-0.3, -0.25) is 10.3 Å². The smallest absolute Gasteiger partial charge is 0.335 e. The Labute approximate surface area is 172 Å². The molecule has 0 aliphatic rings. The summed E-state index contributed by atoms with van der Waals surface area (Å²) < 4.78 is 32.0. The summed E-state index contributed by atoms with van der Waals surface area (Å²) in [7, 11) is 0. The summed E-state index contributed by atoms with van der Waals surface area (Å²) in [6.07, 6.45) is 0.829. The zero-order valence-corrected chi connectivity index (χ0v) is 16.3. The van der Waals surface area contributed by atoms with Crippen molar-refractivity contribution in [3.63, 3.8) is 0 Å². The first-order chi connectivity index (χ1) is 14.5. The van der Waals surface area contributed by atoms with Gasteiger partial charge in [0, 0.05) is 11.6 Å². The normalized spacial score (nSPS) is 10.6. The van der Waals surface area contributed by atoms with Crippen LogP contribution in [0.5, 0.6) is 5.75 Å². The fourth-order valence-corrected chi connectivity index (χ4v) is 2.73. The van der Waals surface area contributed by atoms with Gasteiger partial charge in [0.2, 0.25) is 0 Å². The number of rotatable bonds is 9. The maximum atomic E-state index is 13.4. The summed E-state index contributed by atoms with van der Waals surface area (Å²) >= 11 is 0. The van der Waals surface area contributed by atoms with Gasteiger partial charge in [-0.2, -0.15) is 0 Å². The van der Waals surface area contributed by atoms with Gasteiger partial charge in [-0.05, 0) is 47.9 Å². The molecule has 0 atom stereocenters. The van der Waals surface area contributed by atoms with Crippen LogP contribution < -0.4 is 10.2 Å². The molecule has 0 aromatic heterocycles. The third kappa shape index (κ3) is 5.55. The summed E-state index contributed by atoms with van der Waals surface area (Å²) in [5, 5.41) is 8.95. The second-order valence-electron chi connectivity index (χ2n) is 6.60. The Kier molecular flexibility index (Phi) is 6.98. The molecule has 0 aliphatic heterocycles. The van der Waals surface area contributed by atoms with Crippen LogP contribution in [0.1, 0.15) is 34.0 Å². The first-order valence-corrected chi connectivity index (χ1v) is 9.36. The number of nitrogens with one attached hydrogen (secondary N) is 1. The quantitative estimate of drug-likeness (QED) is 0.463. The molecule has 0 unspecified atom stereocenters. The van der Waals surface area contributed by atoms with Gasteiger partial charge < -0.3 is 9.84 Å². The summed E-state index contributed by atoms with van der Waals surface area (Å²) in [4.78, 5) is 16.5. The van der Waals surface area contributed by atoms with Crippen LogP contribution in [0.25, 0.3) is 0 Å². The second kappa shape index (κ2) is 9.84. The first kappa shape index (κ1) is 21.3. The highest BCUT2D eigenvalue weighted by molar-refractivity contribution is 5.87. The average Bonchev–Trinajstić information content (AvgIpc) is 2.75. The number of aryl methyl sites for hydroxylation is 1. The van der Waals surface area contributed by atoms with Gasteiger partial charge in [-0.1, -0.05) is 31.2 Å². The molecule has 0 spiro atoms. The molecule has 30 heavy (non-hydrogen) atoms. The van der Waals surface area contributed by atoms with Gasteiger partial charge in [-0.15, -0.1) is 0 Å². The zero-order chi connectivity index (χ0) is 21.5. The third-order valence-electron chi connectivity index (χ3n) is 4.49. The number of hydrogen-bond acceptors (Lipinski definition) is 4. The minimum Gasteiger partial charge on any atom is -0.489 e. The molecule has 3 aromatic rings. The average molecular weight is 413 g/mol. The molecule has 3 rings (SSSR count). The fourth-order valence-electron chi connectivity index (χ4n) is 2.73. The monoisotopic (exact) mass is 413 g/mol. The highest BCUT2D eigenvalue weighted by atomic mass is 19.2. The standard InChI is InChI=1S/C23H21F2NO4/c1-2-15-3-8-18(14-29-19-9-10-20(24)21(25)12-19)22(11-15)26-30-13-16-4-6-17(7-5-16)23(27)28/h3-12,26H,2,13-14H2,1H3,(H,27,28).